The second-order valence-corrected chi connectivity index (χ2v) is 6.43. The topological polar surface area (TPSA) is 78.9 Å². The Morgan fingerprint density at radius 2 is 1.96 bits per heavy atom. The van der Waals surface area contributed by atoms with Crippen molar-refractivity contribution in [1.29, 1.82) is 0 Å². The van der Waals surface area contributed by atoms with Crippen molar-refractivity contribution >= 4 is 11.6 Å². The molecule has 0 spiro atoms. The molecule has 3 aromatic heterocycles. The van der Waals surface area contributed by atoms with Gasteiger partial charge in [0.1, 0.15) is 11.8 Å². The summed E-state index contributed by atoms with van der Waals surface area (Å²) < 4.78 is 13.1. The molecule has 136 valence electrons. The van der Waals surface area contributed by atoms with Crippen molar-refractivity contribution in [3.8, 4) is 28.7 Å². The van der Waals surface area contributed by atoms with Crippen molar-refractivity contribution in [2.24, 2.45) is 7.05 Å². The maximum Gasteiger partial charge on any atom is 0.317 e. The minimum Gasteiger partial charge on any atom is -0.454 e. The highest BCUT2D eigenvalue weighted by Gasteiger charge is 2.19. The highest BCUT2D eigenvalue weighted by atomic mass is 35.5. The molecule has 0 saturated heterocycles. The number of hydrogen-bond donors (Lipinski definition) is 0. The second-order valence-electron chi connectivity index (χ2n) is 5.99. The van der Waals surface area contributed by atoms with Gasteiger partial charge in [0.25, 0.3) is 0 Å². The Kier molecular flexibility index (Phi) is 4.60. The average molecular weight is 382 g/mol. The number of halogens is 1. The summed E-state index contributed by atoms with van der Waals surface area (Å²) >= 11 is 6.03. The molecule has 0 N–H and O–H groups in total. The molecule has 4 aromatic rings. The molecule has 8 heteroatoms. The van der Waals surface area contributed by atoms with Gasteiger partial charge >= 0.3 is 6.01 Å². The molecule has 7 nitrogen and oxygen atoms in total. The quantitative estimate of drug-likeness (QED) is 0.512. The van der Waals surface area contributed by atoms with E-state index in [0.717, 1.165) is 11.1 Å². The van der Waals surface area contributed by atoms with Gasteiger partial charge in [-0.25, -0.2) is 0 Å². The Morgan fingerprint density at radius 3 is 2.74 bits per heavy atom. The van der Waals surface area contributed by atoms with E-state index in [1.54, 1.807) is 17.0 Å². The number of hydrogen-bond acceptors (Lipinski definition) is 6. The zero-order valence-corrected chi connectivity index (χ0v) is 15.5. The fourth-order valence-electron chi connectivity index (χ4n) is 2.64. The van der Waals surface area contributed by atoms with Crippen LogP contribution in [0.2, 0.25) is 5.02 Å². The summed E-state index contributed by atoms with van der Waals surface area (Å²) in [6, 6.07) is 13.4. The van der Waals surface area contributed by atoms with Gasteiger partial charge in [-0.15, -0.1) is 5.10 Å². The lowest BCUT2D eigenvalue weighted by Gasteiger charge is -2.10. The van der Waals surface area contributed by atoms with Gasteiger partial charge in [-0.1, -0.05) is 34.0 Å². The van der Waals surface area contributed by atoms with E-state index in [0.29, 0.717) is 28.3 Å². The molecule has 0 fully saturated rings. The fraction of sp³-hybridized carbons (Fsp3) is 0.158. The molecule has 27 heavy (non-hydrogen) atoms. The van der Waals surface area contributed by atoms with Gasteiger partial charge in [0.15, 0.2) is 11.6 Å². The molecule has 1 aromatic carbocycles. The van der Waals surface area contributed by atoms with Gasteiger partial charge in [-0.2, -0.15) is 0 Å². The van der Waals surface area contributed by atoms with Crippen LogP contribution in [0.15, 0.2) is 59.4 Å². The van der Waals surface area contributed by atoms with Crippen LogP contribution in [0.25, 0.3) is 22.7 Å². The number of ether oxygens (including phenoxy) is 1. The molecular formula is C19H16ClN5O2. The number of benzene rings is 1. The molecule has 1 atom stereocenters. The largest absolute Gasteiger partial charge is 0.454 e. The summed E-state index contributed by atoms with van der Waals surface area (Å²) in [6.07, 6.45) is 3.07. The number of aromatic nitrogens is 5. The third kappa shape index (κ3) is 3.54. The Bertz CT molecular complexity index is 1060. The van der Waals surface area contributed by atoms with Crippen LogP contribution < -0.4 is 4.74 Å². The lowest BCUT2D eigenvalue weighted by Crippen LogP contribution is -2.07. The average Bonchev–Trinajstić information content (AvgIpc) is 3.31. The molecule has 0 aliphatic rings. The molecule has 1 unspecified atom stereocenters. The number of pyridine rings is 1. The molecule has 3 heterocycles. The molecule has 0 saturated carbocycles. The van der Waals surface area contributed by atoms with Crippen LogP contribution in [0, 0.1) is 0 Å². The normalized spacial score (nSPS) is 12.1. The van der Waals surface area contributed by atoms with Crippen LogP contribution in [0.1, 0.15) is 18.7 Å². The summed E-state index contributed by atoms with van der Waals surface area (Å²) in [7, 11) is 1.84. The van der Waals surface area contributed by atoms with Gasteiger partial charge in [0.05, 0.1) is 0 Å². The maximum absolute atomic E-state index is 6.03. The van der Waals surface area contributed by atoms with Crippen molar-refractivity contribution in [3.05, 3.63) is 65.6 Å². The Balaban J connectivity index is 1.53. The number of nitrogens with zero attached hydrogens (tertiary/aromatic N) is 5. The first-order chi connectivity index (χ1) is 13.1. The van der Waals surface area contributed by atoms with Gasteiger partial charge < -0.3 is 9.26 Å². The summed E-state index contributed by atoms with van der Waals surface area (Å²) in [5.41, 5.74) is 2.36. The van der Waals surface area contributed by atoms with E-state index in [-0.39, 0.29) is 6.10 Å². The van der Waals surface area contributed by atoms with Crippen LogP contribution in [0.3, 0.4) is 0 Å². The van der Waals surface area contributed by atoms with Crippen molar-refractivity contribution in [1.82, 2.24) is 24.9 Å². The molecular weight excluding hydrogens is 366 g/mol. The molecule has 0 aliphatic heterocycles. The zero-order chi connectivity index (χ0) is 18.8. The van der Waals surface area contributed by atoms with Crippen LogP contribution in [0.5, 0.6) is 6.01 Å². The van der Waals surface area contributed by atoms with E-state index < -0.39 is 0 Å². The van der Waals surface area contributed by atoms with E-state index in [4.69, 9.17) is 20.9 Å². The third-order valence-corrected chi connectivity index (χ3v) is 4.33. The van der Waals surface area contributed by atoms with E-state index >= 15 is 0 Å². The van der Waals surface area contributed by atoms with E-state index in [1.165, 1.54) is 0 Å². The predicted octanol–water partition coefficient (Wildman–Crippen LogP) is 4.33. The highest BCUT2D eigenvalue weighted by molar-refractivity contribution is 6.30. The monoisotopic (exact) mass is 381 g/mol. The molecule has 4 rings (SSSR count). The summed E-state index contributed by atoms with van der Waals surface area (Å²) in [4.78, 5) is 4.10. The minimum atomic E-state index is -0.369. The highest BCUT2D eigenvalue weighted by Crippen LogP contribution is 2.28. The second kappa shape index (κ2) is 7.20. The summed E-state index contributed by atoms with van der Waals surface area (Å²) in [5, 5.41) is 13.0. The third-order valence-electron chi connectivity index (χ3n) is 4.09. The van der Waals surface area contributed by atoms with Crippen LogP contribution in [0.4, 0.5) is 0 Å². The van der Waals surface area contributed by atoms with Crippen LogP contribution in [-0.4, -0.2) is 24.9 Å². The standard InChI is InChI=1S/C19H16ClN5O2/c1-12(16-10-17(27-24-16)13-5-3-7-15(20)9-13)26-19-23-22-18(25(19)2)14-6-4-8-21-11-14/h3-12H,1-2H3. The molecule has 0 bridgehead atoms. The lowest BCUT2D eigenvalue weighted by molar-refractivity contribution is 0.190. The smallest absolute Gasteiger partial charge is 0.317 e. The van der Waals surface area contributed by atoms with Crippen LogP contribution >= 0.6 is 11.6 Å². The SMILES string of the molecule is CC(Oc1nnc(-c2cccnc2)n1C)c1cc(-c2cccc(Cl)c2)on1. The predicted molar refractivity (Wildman–Crippen MR) is 100 cm³/mol. The first-order valence-electron chi connectivity index (χ1n) is 8.31. The summed E-state index contributed by atoms with van der Waals surface area (Å²) in [5.74, 6) is 1.29. The zero-order valence-electron chi connectivity index (χ0n) is 14.7. The van der Waals surface area contributed by atoms with E-state index in [1.807, 2.05) is 56.4 Å². The fourth-order valence-corrected chi connectivity index (χ4v) is 2.83. The van der Waals surface area contributed by atoms with Crippen molar-refractivity contribution in [2.75, 3.05) is 0 Å². The first kappa shape index (κ1) is 17.2. The summed E-state index contributed by atoms with van der Waals surface area (Å²) in [6.45, 7) is 1.87. The molecule has 0 aliphatic carbocycles. The Hall–Kier alpha value is -3.19. The Labute approximate surface area is 160 Å². The van der Waals surface area contributed by atoms with Gasteiger partial charge in [-0.05, 0) is 31.2 Å². The van der Waals surface area contributed by atoms with E-state index in [2.05, 4.69) is 20.3 Å². The maximum atomic E-state index is 6.03. The lowest BCUT2D eigenvalue weighted by atomic mass is 10.1. The molecule has 0 amide bonds. The Morgan fingerprint density at radius 1 is 1.11 bits per heavy atom. The van der Waals surface area contributed by atoms with Gasteiger partial charge in [0, 0.05) is 41.7 Å². The minimum absolute atomic E-state index is 0.369. The van der Waals surface area contributed by atoms with Crippen molar-refractivity contribution in [2.45, 2.75) is 13.0 Å². The van der Waals surface area contributed by atoms with E-state index in [9.17, 15) is 0 Å². The van der Waals surface area contributed by atoms with Gasteiger partial charge in [0.2, 0.25) is 0 Å². The van der Waals surface area contributed by atoms with Crippen LogP contribution in [-0.2, 0) is 7.05 Å². The number of rotatable bonds is 5. The first-order valence-corrected chi connectivity index (χ1v) is 8.68. The van der Waals surface area contributed by atoms with Gasteiger partial charge in [-0.3, -0.25) is 9.55 Å². The molecule has 0 radical (unpaired) electrons. The van der Waals surface area contributed by atoms with Crippen molar-refractivity contribution in [3.63, 3.8) is 0 Å². The van der Waals surface area contributed by atoms with Crippen molar-refractivity contribution < 1.29 is 9.26 Å².